The predicted molar refractivity (Wildman–Crippen MR) is 84.5 cm³/mol. The quantitative estimate of drug-likeness (QED) is 0.770. The molecule has 6 heteroatoms. The van der Waals surface area contributed by atoms with E-state index in [2.05, 4.69) is 38.0 Å². The van der Waals surface area contributed by atoms with Gasteiger partial charge in [-0.3, -0.25) is 0 Å². The molecule has 0 saturated heterocycles. The fraction of sp³-hybridized carbons (Fsp3) is 0.429. The summed E-state index contributed by atoms with van der Waals surface area (Å²) in [7, 11) is 2.05. The first-order valence-corrected chi connectivity index (χ1v) is 7.48. The number of hydrogen-bond donors (Lipinski definition) is 2. The zero-order chi connectivity index (χ0) is 14.9. The number of nitrogens with one attached hydrogen (secondary N) is 1. The van der Waals surface area contributed by atoms with Crippen LogP contribution in [0.15, 0.2) is 15.7 Å². The van der Waals surface area contributed by atoms with Crippen LogP contribution in [-0.2, 0) is 13.0 Å². The molecule has 5 nitrogen and oxygen atoms in total. The van der Waals surface area contributed by atoms with Gasteiger partial charge in [0.1, 0.15) is 0 Å². The fourth-order valence-corrected chi connectivity index (χ4v) is 3.23. The molecule has 0 bridgehead atoms. The lowest BCUT2D eigenvalue weighted by Crippen LogP contribution is -2.27. The lowest BCUT2D eigenvalue weighted by atomic mass is 9.97. The van der Waals surface area contributed by atoms with E-state index in [1.807, 2.05) is 19.9 Å². The number of fused-ring (bicyclic) bond motifs is 3. The Kier molecular flexibility index (Phi) is 4.45. The van der Waals surface area contributed by atoms with Crippen LogP contribution in [0.2, 0.25) is 0 Å². The maximum atomic E-state index is 10.8. The minimum absolute atomic E-state index is 0.0849. The lowest BCUT2D eigenvalue weighted by molar-refractivity contribution is 0.314. The van der Waals surface area contributed by atoms with E-state index in [0.717, 1.165) is 35.1 Å². The predicted octanol–water partition coefficient (Wildman–Crippen LogP) is 4.05. The Labute approximate surface area is 126 Å². The van der Waals surface area contributed by atoms with Gasteiger partial charge in [-0.25, -0.2) is 0 Å². The topological polar surface area (TPSA) is 68.7 Å². The highest BCUT2D eigenvalue weighted by Gasteiger charge is 2.23. The summed E-state index contributed by atoms with van der Waals surface area (Å²) in [5, 5.41) is 13.3. The number of benzene rings is 1. The van der Waals surface area contributed by atoms with Gasteiger partial charge in [0.2, 0.25) is 5.88 Å². The second-order valence-corrected chi connectivity index (χ2v) is 5.49. The smallest absolute Gasteiger partial charge is 0.219 e. The zero-order valence-electron chi connectivity index (χ0n) is 11.8. The van der Waals surface area contributed by atoms with Crippen LogP contribution in [0.5, 0.6) is 5.88 Å². The van der Waals surface area contributed by atoms with Crippen LogP contribution in [0.4, 0.5) is 5.69 Å². The number of halogens is 1. The number of H-pyrrole nitrogens is 1. The molecule has 0 radical (unpaired) electrons. The average Bonchev–Trinajstić information content (AvgIpc) is 2.77. The Morgan fingerprint density at radius 1 is 1.40 bits per heavy atom. The Hall–Kier alpha value is -1.40. The molecule has 0 atom stereocenters. The largest absolute Gasteiger partial charge is 0.493 e. The van der Waals surface area contributed by atoms with E-state index in [1.54, 1.807) is 0 Å². The third-order valence-corrected chi connectivity index (χ3v) is 4.19. The van der Waals surface area contributed by atoms with Crippen LogP contribution in [0, 0.1) is 4.91 Å². The average molecular weight is 340 g/mol. The van der Waals surface area contributed by atoms with Crippen molar-refractivity contribution in [2.45, 2.75) is 26.8 Å². The first-order valence-electron chi connectivity index (χ1n) is 6.68. The molecule has 0 spiro atoms. The summed E-state index contributed by atoms with van der Waals surface area (Å²) in [5.41, 5.74) is 3.26. The minimum Gasteiger partial charge on any atom is -0.493 e. The molecule has 1 aromatic carbocycles. The number of nitroso groups, excluding NO2 is 1. The van der Waals surface area contributed by atoms with Gasteiger partial charge in [-0.2, -0.15) is 0 Å². The summed E-state index contributed by atoms with van der Waals surface area (Å²) >= 11 is 3.54. The van der Waals surface area contributed by atoms with Crippen molar-refractivity contribution < 1.29 is 5.11 Å². The molecule has 0 unspecified atom stereocenters. The number of likely N-dealkylation sites (N-methyl/N-ethyl adjacent to an activating group) is 1. The molecule has 20 heavy (non-hydrogen) atoms. The molecular weight excluding hydrogens is 322 g/mol. The minimum atomic E-state index is -0.159. The highest BCUT2D eigenvalue weighted by molar-refractivity contribution is 9.10. The molecule has 0 aliphatic carbocycles. The van der Waals surface area contributed by atoms with Crippen molar-refractivity contribution in [3.05, 3.63) is 26.6 Å². The van der Waals surface area contributed by atoms with Crippen LogP contribution in [0.1, 0.15) is 25.0 Å². The summed E-state index contributed by atoms with van der Waals surface area (Å²) in [6.07, 6.45) is 0.950. The molecule has 3 rings (SSSR count). The lowest BCUT2D eigenvalue weighted by Gasteiger charge is -2.26. The van der Waals surface area contributed by atoms with Gasteiger partial charge in [-0.1, -0.05) is 29.8 Å². The summed E-state index contributed by atoms with van der Waals surface area (Å²) in [6, 6.07) is 1.85. The van der Waals surface area contributed by atoms with E-state index in [9.17, 15) is 10.0 Å². The number of aromatic hydroxyl groups is 1. The van der Waals surface area contributed by atoms with Crippen molar-refractivity contribution in [1.82, 2.24) is 9.88 Å². The molecule has 0 saturated carbocycles. The van der Waals surface area contributed by atoms with Gasteiger partial charge in [-0.05, 0) is 35.8 Å². The van der Waals surface area contributed by atoms with Crippen molar-refractivity contribution >= 4 is 32.5 Å². The van der Waals surface area contributed by atoms with Crippen LogP contribution in [0.25, 0.3) is 10.9 Å². The van der Waals surface area contributed by atoms with Crippen molar-refractivity contribution in [1.29, 1.82) is 0 Å². The van der Waals surface area contributed by atoms with Crippen molar-refractivity contribution in [3.8, 4) is 5.88 Å². The highest BCUT2D eigenvalue weighted by Crippen LogP contribution is 2.41. The van der Waals surface area contributed by atoms with Crippen molar-refractivity contribution in [2.24, 2.45) is 5.18 Å². The second kappa shape index (κ2) is 5.93. The summed E-state index contributed by atoms with van der Waals surface area (Å²) in [5.74, 6) is -0.159. The molecule has 0 fully saturated rings. The molecule has 108 valence electrons. The van der Waals surface area contributed by atoms with E-state index < -0.39 is 0 Å². The molecule has 1 aromatic heterocycles. The fourth-order valence-electron chi connectivity index (χ4n) is 2.57. The Bertz CT molecular complexity index is 652. The third-order valence-electron chi connectivity index (χ3n) is 3.48. The Morgan fingerprint density at radius 2 is 2.10 bits per heavy atom. The molecule has 2 aromatic rings. The molecule has 1 aliphatic heterocycles. The standard InChI is InChI=1S/C12H12BrN3O2.C2H6/c1-16-3-2-6-8(5-16)10-7(4-9(6)13)11(15-18)12(17)14-10;1-2/h4,14,17H,2-3,5H2,1H3;1-2H3. The maximum absolute atomic E-state index is 10.8. The van der Waals surface area contributed by atoms with Gasteiger partial charge in [-0.15, -0.1) is 4.91 Å². The summed E-state index contributed by atoms with van der Waals surface area (Å²) in [6.45, 7) is 5.80. The number of aromatic nitrogens is 1. The molecular formula is C14H18BrN3O2. The SMILES string of the molecule is CC.CN1CCc2c(Br)cc3c(N=O)c(O)[nH]c3c2C1. The molecule has 2 N–H and O–H groups in total. The number of nitrogens with zero attached hydrogens (tertiary/aromatic N) is 2. The first-order chi connectivity index (χ1) is 9.61. The van der Waals surface area contributed by atoms with Crippen molar-refractivity contribution in [2.75, 3.05) is 13.6 Å². The maximum Gasteiger partial charge on any atom is 0.219 e. The molecule has 2 heterocycles. The molecule has 1 aliphatic rings. The Morgan fingerprint density at radius 3 is 2.75 bits per heavy atom. The van der Waals surface area contributed by atoms with Gasteiger partial charge in [0.05, 0.1) is 5.52 Å². The highest BCUT2D eigenvalue weighted by atomic mass is 79.9. The summed E-state index contributed by atoms with van der Waals surface area (Å²) in [4.78, 5) is 15.9. The van der Waals surface area contributed by atoms with Gasteiger partial charge in [0.25, 0.3) is 0 Å². The second-order valence-electron chi connectivity index (χ2n) is 4.64. The number of hydrogen-bond acceptors (Lipinski definition) is 4. The molecule has 0 amide bonds. The Balaban J connectivity index is 0.000000704. The van der Waals surface area contributed by atoms with Gasteiger partial charge < -0.3 is 15.0 Å². The normalized spacial score (nSPS) is 14.6. The van der Waals surface area contributed by atoms with Crippen LogP contribution in [0.3, 0.4) is 0 Å². The summed E-state index contributed by atoms with van der Waals surface area (Å²) < 4.78 is 0.974. The number of aromatic amines is 1. The van der Waals surface area contributed by atoms with Crippen LogP contribution >= 0.6 is 15.9 Å². The monoisotopic (exact) mass is 339 g/mol. The third kappa shape index (κ3) is 2.33. The van der Waals surface area contributed by atoms with Gasteiger partial charge in [0.15, 0.2) is 5.69 Å². The number of rotatable bonds is 1. The van der Waals surface area contributed by atoms with E-state index >= 15 is 0 Å². The van der Waals surface area contributed by atoms with E-state index in [1.165, 1.54) is 5.56 Å². The van der Waals surface area contributed by atoms with Crippen LogP contribution < -0.4 is 0 Å². The van der Waals surface area contributed by atoms with Gasteiger partial charge in [0, 0.05) is 22.9 Å². The van der Waals surface area contributed by atoms with Crippen LogP contribution in [-0.4, -0.2) is 28.6 Å². The van der Waals surface area contributed by atoms with Gasteiger partial charge >= 0.3 is 0 Å². The van der Waals surface area contributed by atoms with E-state index in [0.29, 0.717) is 5.39 Å². The van der Waals surface area contributed by atoms with Crippen molar-refractivity contribution in [3.63, 3.8) is 0 Å². The first kappa shape index (κ1) is 15.0. The van der Waals surface area contributed by atoms with E-state index in [4.69, 9.17) is 0 Å². The zero-order valence-corrected chi connectivity index (χ0v) is 13.4. The van der Waals surface area contributed by atoms with E-state index in [-0.39, 0.29) is 11.6 Å².